The number of Topliss-reactive ketones (excluding diaryl/α,β-unsaturated/α-hetero) is 1. The number of urea groups is 1. The maximum Gasteiger partial charge on any atom is 0.315 e. The van der Waals surface area contributed by atoms with E-state index in [4.69, 9.17) is 5.73 Å². The quantitative estimate of drug-likeness (QED) is 0.227. The molecule has 1 aliphatic carbocycles. The van der Waals surface area contributed by atoms with Crippen LogP contribution in [0, 0.1) is 22.7 Å². The van der Waals surface area contributed by atoms with E-state index in [1.54, 1.807) is 0 Å². The highest BCUT2D eigenvalue weighted by Gasteiger charge is 2.45. The van der Waals surface area contributed by atoms with Gasteiger partial charge in [0, 0.05) is 26.1 Å². The Labute approximate surface area is 268 Å². The van der Waals surface area contributed by atoms with E-state index < -0.39 is 53.1 Å². The van der Waals surface area contributed by atoms with Gasteiger partial charge in [-0.15, -0.1) is 0 Å². The molecule has 0 aromatic carbocycles. The number of hydrogen-bond donors (Lipinski definition) is 4. The van der Waals surface area contributed by atoms with Crippen LogP contribution >= 0.6 is 0 Å². The molecular weight excluding hydrogens is 576 g/mol. The Morgan fingerprint density at radius 1 is 0.978 bits per heavy atom. The highest BCUT2D eigenvalue weighted by Crippen LogP contribution is 2.32. The smallest absolute Gasteiger partial charge is 0.315 e. The number of amides is 6. The number of piperidine rings is 1. The molecule has 1 saturated carbocycles. The van der Waals surface area contributed by atoms with Crippen LogP contribution < -0.4 is 21.7 Å². The molecule has 3 aliphatic rings. The van der Waals surface area contributed by atoms with Crippen molar-refractivity contribution in [1.82, 2.24) is 25.8 Å². The van der Waals surface area contributed by atoms with Gasteiger partial charge in [0.25, 0.3) is 5.91 Å². The van der Waals surface area contributed by atoms with Crippen molar-refractivity contribution >= 4 is 35.4 Å². The molecule has 2 aliphatic heterocycles. The van der Waals surface area contributed by atoms with Crippen molar-refractivity contribution in [2.75, 3.05) is 19.6 Å². The first-order chi connectivity index (χ1) is 20.9. The molecule has 5 N–H and O–H groups in total. The van der Waals surface area contributed by atoms with E-state index in [-0.39, 0.29) is 29.2 Å². The number of hydrogen-bond acceptors (Lipinski definition) is 6. The van der Waals surface area contributed by atoms with Crippen molar-refractivity contribution in [3.8, 4) is 0 Å². The summed E-state index contributed by atoms with van der Waals surface area (Å²) in [6.07, 6.45) is 6.70. The third kappa shape index (κ3) is 9.42. The van der Waals surface area contributed by atoms with Crippen molar-refractivity contribution in [2.24, 2.45) is 28.4 Å². The molecule has 2 unspecified atom stereocenters. The largest absolute Gasteiger partial charge is 0.363 e. The predicted octanol–water partition coefficient (Wildman–Crippen LogP) is 2.48. The standard InChI is InChI=1S/C33H56N6O6/c1-8-33(6,7)24(19-38-15-10-9-14-25(38)40)36-31(45)37-27(32(3,4)5)30(44)39-18-20(2)16-23(39)29(43)35-22(26(41)28(34)42)17-21-12-11-13-21/h20-24,27H,8-19H2,1-7H3,(H2,34,42)(H,35,43)(H2,36,37,45)/t20?,22?,23-,24+,27+/m0/s1. The van der Waals surface area contributed by atoms with Crippen LogP contribution in [0.2, 0.25) is 0 Å². The third-order valence-corrected chi connectivity index (χ3v) is 10.1. The third-order valence-electron chi connectivity index (χ3n) is 10.1. The Bertz CT molecular complexity index is 1130. The highest BCUT2D eigenvalue weighted by atomic mass is 16.2. The van der Waals surface area contributed by atoms with Crippen LogP contribution in [-0.2, 0) is 24.0 Å². The van der Waals surface area contributed by atoms with Crippen molar-refractivity contribution in [3.63, 3.8) is 0 Å². The minimum absolute atomic E-state index is 0.00730. The Morgan fingerprint density at radius 2 is 1.64 bits per heavy atom. The lowest BCUT2D eigenvalue weighted by Crippen LogP contribution is -2.62. The van der Waals surface area contributed by atoms with Gasteiger partial charge in [-0.05, 0) is 54.8 Å². The van der Waals surface area contributed by atoms with Crippen LogP contribution in [0.15, 0.2) is 0 Å². The van der Waals surface area contributed by atoms with Crippen molar-refractivity contribution in [1.29, 1.82) is 0 Å². The van der Waals surface area contributed by atoms with Gasteiger partial charge in [0.1, 0.15) is 12.1 Å². The summed E-state index contributed by atoms with van der Waals surface area (Å²) in [6.45, 7) is 15.0. The normalized spacial score (nSPS) is 23.0. The summed E-state index contributed by atoms with van der Waals surface area (Å²) >= 11 is 0. The molecule has 0 spiro atoms. The molecule has 2 saturated heterocycles. The molecular formula is C33H56N6O6. The summed E-state index contributed by atoms with van der Waals surface area (Å²) in [4.78, 5) is 81.5. The molecule has 254 valence electrons. The zero-order chi connectivity index (χ0) is 33.7. The Hall–Kier alpha value is -3.18. The summed E-state index contributed by atoms with van der Waals surface area (Å²) in [5.74, 6) is -2.49. The van der Waals surface area contributed by atoms with E-state index in [0.717, 1.165) is 38.5 Å². The summed E-state index contributed by atoms with van der Waals surface area (Å²) in [6, 6.07) is -3.70. The summed E-state index contributed by atoms with van der Waals surface area (Å²) in [5.41, 5.74) is 4.28. The molecule has 3 fully saturated rings. The number of nitrogens with zero attached hydrogens (tertiary/aromatic N) is 2. The lowest BCUT2D eigenvalue weighted by molar-refractivity contribution is -0.143. The summed E-state index contributed by atoms with van der Waals surface area (Å²) in [5, 5.41) is 8.72. The van der Waals surface area contributed by atoms with Gasteiger partial charge in [-0.2, -0.15) is 0 Å². The monoisotopic (exact) mass is 632 g/mol. The predicted molar refractivity (Wildman–Crippen MR) is 171 cm³/mol. The molecule has 0 bridgehead atoms. The number of nitrogens with two attached hydrogens (primary N) is 1. The molecule has 0 aromatic heterocycles. The van der Waals surface area contributed by atoms with Crippen LogP contribution in [0.25, 0.3) is 0 Å². The second kappa shape index (κ2) is 14.9. The fraction of sp³-hybridized carbons (Fsp3) is 0.818. The molecule has 3 rings (SSSR count). The average molecular weight is 633 g/mol. The molecule has 6 amide bonds. The molecule has 0 aromatic rings. The minimum atomic E-state index is -1.09. The van der Waals surface area contributed by atoms with Gasteiger partial charge in [-0.3, -0.25) is 24.0 Å². The zero-order valence-electron chi connectivity index (χ0n) is 28.4. The molecule has 5 atom stereocenters. The molecule has 12 nitrogen and oxygen atoms in total. The number of ketones is 1. The maximum atomic E-state index is 14.2. The minimum Gasteiger partial charge on any atom is -0.363 e. The van der Waals surface area contributed by atoms with Gasteiger partial charge in [0.15, 0.2) is 0 Å². The first kappa shape index (κ1) is 36.3. The number of primary amides is 1. The van der Waals surface area contributed by atoms with Gasteiger partial charge in [-0.1, -0.05) is 67.7 Å². The first-order valence-electron chi connectivity index (χ1n) is 16.7. The summed E-state index contributed by atoms with van der Waals surface area (Å²) < 4.78 is 0. The van der Waals surface area contributed by atoms with Crippen molar-refractivity contribution < 1.29 is 28.8 Å². The zero-order valence-corrected chi connectivity index (χ0v) is 28.4. The van der Waals surface area contributed by atoms with Gasteiger partial charge in [0.2, 0.25) is 23.5 Å². The van der Waals surface area contributed by atoms with Crippen LogP contribution in [0.3, 0.4) is 0 Å². The van der Waals surface area contributed by atoms with Gasteiger partial charge in [0.05, 0.1) is 12.1 Å². The van der Waals surface area contributed by atoms with Crippen LogP contribution in [0.4, 0.5) is 4.79 Å². The van der Waals surface area contributed by atoms with Crippen LogP contribution in [-0.4, -0.2) is 89.0 Å². The second-order valence-corrected chi connectivity index (χ2v) is 15.3. The lowest BCUT2D eigenvalue weighted by Gasteiger charge is -2.40. The Morgan fingerprint density at radius 3 is 2.18 bits per heavy atom. The lowest BCUT2D eigenvalue weighted by atomic mass is 9.80. The number of carbonyl (C=O) groups excluding carboxylic acids is 6. The molecule has 2 heterocycles. The highest BCUT2D eigenvalue weighted by molar-refractivity contribution is 6.37. The van der Waals surface area contributed by atoms with E-state index in [9.17, 15) is 28.8 Å². The van der Waals surface area contributed by atoms with Crippen molar-refractivity contribution in [2.45, 2.75) is 130 Å². The van der Waals surface area contributed by atoms with Gasteiger partial charge in [-0.25, -0.2) is 4.79 Å². The van der Waals surface area contributed by atoms with E-state index >= 15 is 0 Å². The topological polar surface area (TPSA) is 171 Å². The number of likely N-dealkylation sites (tertiary alicyclic amines) is 2. The fourth-order valence-corrected chi connectivity index (χ4v) is 6.43. The molecule has 0 radical (unpaired) electrons. The molecule has 45 heavy (non-hydrogen) atoms. The number of carbonyl (C=O) groups is 6. The van der Waals surface area contributed by atoms with Gasteiger partial charge < -0.3 is 31.5 Å². The van der Waals surface area contributed by atoms with E-state index in [2.05, 4.69) is 29.8 Å². The van der Waals surface area contributed by atoms with Crippen LogP contribution in [0.1, 0.15) is 106 Å². The summed E-state index contributed by atoms with van der Waals surface area (Å²) in [7, 11) is 0. The number of nitrogens with one attached hydrogen (secondary N) is 3. The molecule has 12 heteroatoms. The first-order valence-corrected chi connectivity index (χ1v) is 16.7. The fourth-order valence-electron chi connectivity index (χ4n) is 6.43. The SMILES string of the molecule is CCC(C)(C)[C@@H](CN1CCCCC1=O)NC(=O)N[C@H](C(=O)N1CC(C)C[C@H]1C(=O)NC(CC1CCC1)C(=O)C(N)=O)C(C)(C)C. The average Bonchev–Trinajstić information content (AvgIpc) is 3.33. The van der Waals surface area contributed by atoms with E-state index in [1.165, 1.54) is 4.90 Å². The van der Waals surface area contributed by atoms with E-state index in [0.29, 0.717) is 38.9 Å². The Balaban J connectivity index is 1.76. The van der Waals surface area contributed by atoms with Crippen LogP contribution in [0.5, 0.6) is 0 Å². The maximum absolute atomic E-state index is 14.2. The van der Waals surface area contributed by atoms with Crippen molar-refractivity contribution in [3.05, 3.63) is 0 Å². The van der Waals surface area contributed by atoms with Gasteiger partial charge >= 0.3 is 6.03 Å². The second-order valence-electron chi connectivity index (χ2n) is 15.3. The van der Waals surface area contributed by atoms with E-state index in [1.807, 2.05) is 39.5 Å². The number of rotatable bonds is 13. The Kier molecular flexibility index (Phi) is 12.0.